The summed E-state index contributed by atoms with van der Waals surface area (Å²) < 4.78 is 5.38. The van der Waals surface area contributed by atoms with Crippen molar-refractivity contribution in [2.45, 2.75) is 6.42 Å². The summed E-state index contributed by atoms with van der Waals surface area (Å²) >= 11 is 11.8. The smallest absolute Gasteiger partial charge is 0.174 e. The molecule has 2 aromatic carbocycles. The highest BCUT2D eigenvalue weighted by Gasteiger charge is 2.07. The first-order chi connectivity index (χ1) is 9.15. The largest absolute Gasteiger partial charge is 0.486 e. The second kappa shape index (κ2) is 6.60. The number of rotatable bonds is 5. The maximum absolute atomic E-state index is 11.8. The molecule has 0 amide bonds. The van der Waals surface area contributed by atoms with E-state index in [4.69, 9.17) is 27.9 Å². The van der Waals surface area contributed by atoms with Crippen molar-refractivity contribution in [3.63, 3.8) is 0 Å². The van der Waals surface area contributed by atoms with Crippen molar-refractivity contribution in [3.05, 3.63) is 64.1 Å². The Kier molecular flexibility index (Phi) is 4.83. The molecular weight excluding hydrogens is 283 g/mol. The van der Waals surface area contributed by atoms with Crippen LogP contribution in [0.2, 0.25) is 10.0 Å². The molecule has 0 radical (unpaired) electrons. The third kappa shape index (κ3) is 4.27. The van der Waals surface area contributed by atoms with Gasteiger partial charge in [-0.3, -0.25) is 4.79 Å². The summed E-state index contributed by atoms with van der Waals surface area (Å²) in [5.74, 6) is 0.549. The van der Waals surface area contributed by atoms with Crippen molar-refractivity contribution >= 4 is 29.0 Å². The van der Waals surface area contributed by atoms with Gasteiger partial charge in [0.1, 0.15) is 12.4 Å². The molecule has 0 atom stereocenters. The van der Waals surface area contributed by atoms with Gasteiger partial charge in [0.2, 0.25) is 0 Å². The lowest BCUT2D eigenvalue weighted by Gasteiger charge is -2.06. The second-order valence-electron chi connectivity index (χ2n) is 4.05. The molecule has 0 saturated heterocycles. The average Bonchev–Trinajstić information content (AvgIpc) is 2.39. The summed E-state index contributed by atoms with van der Waals surface area (Å²) in [6.45, 7) is 0.00552. The van der Waals surface area contributed by atoms with E-state index in [9.17, 15) is 4.79 Å². The molecule has 0 aliphatic carbocycles. The van der Waals surface area contributed by atoms with Gasteiger partial charge in [0.15, 0.2) is 5.78 Å². The Balaban J connectivity index is 1.90. The zero-order chi connectivity index (χ0) is 13.7. The fourth-order valence-electron chi connectivity index (χ4n) is 1.63. The lowest BCUT2D eigenvalue weighted by atomic mass is 10.1. The third-order valence-electron chi connectivity index (χ3n) is 2.54. The molecule has 19 heavy (non-hydrogen) atoms. The van der Waals surface area contributed by atoms with E-state index in [-0.39, 0.29) is 18.8 Å². The van der Waals surface area contributed by atoms with Crippen molar-refractivity contribution in [1.82, 2.24) is 0 Å². The maximum Gasteiger partial charge on any atom is 0.174 e. The minimum absolute atomic E-state index is 0.00552. The molecule has 2 aromatic rings. The zero-order valence-corrected chi connectivity index (χ0v) is 11.6. The van der Waals surface area contributed by atoms with Gasteiger partial charge < -0.3 is 4.74 Å². The first kappa shape index (κ1) is 13.9. The predicted molar refractivity (Wildman–Crippen MR) is 77.1 cm³/mol. The Morgan fingerprint density at radius 1 is 1.05 bits per heavy atom. The number of Topliss-reactive ketones (excluding diaryl/α,β-unsaturated/α-hetero) is 1. The summed E-state index contributed by atoms with van der Waals surface area (Å²) in [4.78, 5) is 11.8. The van der Waals surface area contributed by atoms with E-state index >= 15 is 0 Å². The predicted octanol–water partition coefficient (Wildman–Crippen LogP) is 4.18. The van der Waals surface area contributed by atoms with Gasteiger partial charge in [0, 0.05) is 16.5 Å². The van der Waals surface area contributed by atoms with E-state index in [0.717, 1.165) is 5.56 Å². The van der Waals surface area contributed by atoms with Crippen LogP contribution in [0.25, 0.3) is 0 Å². The normalized spacial score (nSPS) is 10.2. The number of hydrogen-bond donors (Lipinski definition) is 0. The molecule has 0 aliphatic rings. The first-order valence-electron chi connectivity index (χ1n) is 5.78. The van der Waals surface area contributed by atoms with Crippen molar-refractivity contribution in [3.8, 4) is 5.75 Å². The number of carbonyl (C=O) groups is 1. The molecule has 0 heterocycles. The topological polar surface area (TPSA) is 26.3 Å². The first-order valence-corrected chi connectivity index (χ1v) is 6.54. The van der Waals surface area contributed by atoms with E-state index in [1.54, 1.807) is 30.3 Å². The molecule has 98 valence electrons. The van der Waals surface area contributed by atoms with Gasteiger partial charge in [-0.2, -0.15) is 0 Å². The van der Waals surface area contributed by atoms with E-state index in [1.165, 1.54) is 0 Å². The fourth-order valence-corrected chi connectivity index (χ4v) is 2.01. The van der Waals surface area contributed by atoms with Crippen LogP contribution in [0.1, 0.15) is 5.56 Å². The van der Waals surface area contributed by atoms with E-state index < -0.39 is 0 Å². The fraction of sp³-hybridized carbons (Fsp3) is 0.133. The quantitative estimate of drug-likeness (QED) is 0.827. The molecule has 0 aliphatic heterocycles. The van der Waals surface area contributed by atoms with Crippen LogP contribution in [-0.4, -0.2) is 12.4 Å². The van der Waals surface area contributed by atoms with Gasteiger partial charge in [-0.05, 0) is 29.8 Å². The van der Waals surface area contributed by atoms with Crippen LogP contribution in [0.3, 0.4) is 0 Å². The summed E-state index contributed by atoms with van der Waals surface area (Å²) in [5.41, 5.74) is 0.809. The molecule has 0 saturated carbocycles. The lowest BCUT2D eigenvalue weighted by Crippen LogP contribution is -2.14. The zero-order valence-electron chi connectivity index (χ0n) is 10.1. The van der Waals surface area contributed by atoms with Gasteiger partial charge in [0.25, 0.3) is 0 Å². The monoisotopic (exact) mass is 294 g/mol. The average molecular weight is 295 g/mol. The third-order valence-corrected chi connectivity index (χ3v) is 3.15. The Labute approximate surface area is 121 Å². The lowest BCUT2D eigenvalue weighted by molar-refractivity contribution is -0.120. The van der Waals surface area contributed by atoms with Gasteiger partial charge >= 0.3 is 0 Å². The highest BCUT2D eigenvalue weighted by atomic mass is 35.5. The number of ether oxygens (including phenoxy) is 1. The van der Waals surface area contributed by atoms with Crippen molar-refractivity contribution < 1.29 is 9.53 Å². The summed E-state index contributed by atoms with van der Waals surface area (Å²) in [6.07, 6.45) is 0.264. The van der Waals surface area contributed by atoms with Gasteiger partial charge in [-0.25, -0.2) is 0 Å². The summed E-state index contributed by atoms with van der Waals surface area (Å²) in [7, 11) is 0. The number of halogens is 2. The molecule has 0 N–H and O–H groups in total. The standard InChI is InChI=1S/C15H12Cl2O2/c16-12-5-3-6-14(9-12)19-10-13(18)8-11-4-1-2-7-15(11)17/h1-7,9H,8,10H2. The van der Waals surface area contributed by atoms with E-state index in [1.807, 2.05) is 18.2 Å². The molecule has 2 nitrogen and oxygen atoms in total. The number of carbonyl (C=O) groups excluding carboxylic acids is 1. The molecule has 2 rings (SSSR count). The summed E-state index contributed by atoms with van der Waals surface area (Å²) in [5, 5.41) is 1.18. The van der Waals surface area contributed by atoms with Crippen LogP contribution in [0, 0.1) is 0 Å². The molecule has 0 unspecified atom stereocenters. The molecule has 4 heteroatoms. The van der Waals surface area contributed by atoms with Crippen molar-refractivity contribution in [2.75, 3.05) is 6.61 Å². The van der Waals surface area contributed by atoms with Crippen LogP contribution in [-0.2, 0) is 11.2 Å². The minimum atomic E-state index is -0.0342. The Morgan fingerprint density at radius 3 is 2.58 bits per heavy atom. The summed E-state index contributed by atoms with van der Waals surface area (Å²) in [6, 6.07) is 14.2. The SMILES string of the molecule is O=C(COc1cccc(Cl)c1)Cc1ccccc1Cl. The molecule has 0 aromatic heterocycles. The highest BCUT2D eigenvalue weighted by molar-refractivity contribution is 6.31. The van der Waals surface area contributed by atoms with Crippen LogP contribution in [0.5, 0.6) is 5.75 Å². The number of benzene rings is 2. The van der Waals surface area contributed by atoms with Crippen molar-refractivity contribution in [2.24, 2.45) is 0 Å². The van der Waals surface area contributed by atoms with Crippen LogP contribution < -0.4 is 4.74 Å². The van der Waals surface area contributed by atoms with Crippen LogP contribution >= 0.6 is 23.2 Å². The Bertz CT molecular complexity index is 582. The second-order valence-corrected chi connectivity index (χ2v) is 4.90. The molecule has 0 bridgehead atoms. The number of ketones is 1. The van der Waals surface area contributed by atoms with Crippen LogP contribution in [0.15, 0.2) is 48.5 Å². The molecular formula is C15H12Cl2O2. The van der Waals surface area contributed by atoms with Crippen molar-refractivity contribution in [1.29, 1.82) is 0 Å². The van der Waals surface area contributed by atoms with E-state index in [0.29, 0.717) is 15.8 Å². The van der Waals surface area contributed by atoms with Gasteiger partial charge in [-0.1, -0.05) is 47.5 Å². The Morgan fingerprint density at radius 2 is 1.84 bits per heavy atom. The molecule has 0 spiro atoms. The number of hydrogen-bond acceptors (Lipinski definition) is 2. The van der Waals surface area contributed by atoms with Gasteiger partial charge in [-0.15, -0.1) is 0 Å². The Hall–Kier alpha value is -1.51. The molecule has 0 fully saturated rings. The highest BCUT2D eigenvalue weighted by Crippen LogP contribution is 2.18. The van der Waals surface area contributed by atoms with Crippen LogP contribution in [0.4, 0.5) is 0 Å². The maximum atomic E-state index is 11.8. The minimum Gasteiger partial charge on any atom is -0.486 e. The van der Waals surface area contributed by atoms with Gasteiger partial charge in [0.05, 0.1) is 0 Å². The van der Waals surface area contributed by atoms with E-state index in [2.05, 4.69) is 0 Å².